The van der Waals surface area contributed by atoms with Crippen LogP contribution < -0.4 is 0 Å². The van der Waals surface area contributed by atoms with Crippen molar-refractivity contribution in [2.45, 2.75) is 198 Å². The van der Waals surface area contributed by atoms with Crippen LogP contribution in [0.3, 0.4) is 0 Å². The standard InChI is InChI=1S/C19H14.C17H12.C15H12.C13H11N.C11H18.10C2H6.31Y/c1-13-10-11-18-16-8-3-2-6-14(16)15-7-4-5-9-17(15)19(18)12-13;1-13-6-4-9-15(12-13)17-11-5-8-14-7-2-3-10-16(14)17;1-11-10-12-6-2-3-8-14(12)15-9-5-4-7-13(11)15;1-14-12-8-4-2-6-10(12)11-7-3-5-9-13(11)14;1-7-10-3-8-2-9(5-10)6-11(7)4-8;10*1-2;;;;;;;;;;;;;;;;;;;;;;;;;;;;;;;/h2-12H,1H3;2-8,10,12H,1H3;2-10H,1H3;2-9H,1H3;7-11H,2-6H2,1H3;10*1-2H3;;;;;;;;;;;;;;;;;;;;;;;;;;;;;;;/q;-2;;;;;;;;;;;;;;;;;;;;;;;;;;;;;;;;;;;;;;;;;;;;. The molecule has 0 aliphatic heterocycles. The fraction of sp³-hybridized carbons (Fsp3) is 0.368. The summed E-state index contributed by atoms with van der Waals surface area (Å²) in [6.07, 6.45) is 7.96. The van der Waals surface area contributed by atoms with Gasteiger partial charge < -0.3 is 4.57 Å². The molecule has 17 rings (SSSR count). The zero-order valence-corrected chi connectivity index (χ0v) is 171. The Hall–Kier alpha value is 26.2. The normalized spacial score (nSPS) is 11.4. The van der Waals surface area contributed by atoms with Crippen LogP contribution in [0.4, 0.5) is 0 Å². The minimum Gasteiger partial charge on any atom is -0.344 e. The van der Waals surface area contributed by atoms with E-state index in [9.17, 15) is 0 Å². The largest absolute Gasteiger partial charge is 0.344 e. The Morgan fingerprint density at radius 3 is 0.835 bits per heavy atom. The monoisotopic (exact) mass is 4040 g/mol. The van der Waals surface area contributed by atoms with Gasteiger partial charge in [-0.2, -0.15) is 30.3 Å². The van der Waals surface area contributed by atoms with Crippen molar-refractivity contribution in [3.8, 4) is 11.1 Å². The third-order valence-corrected chi connectivity index (χ3v) is 17.3. The van der Waals surface area contributed by atoms with Gasteiger partial charge in [-0.05, 0) is 147 Å². The number of aryl methyl sites for hydroxylation is 4. The van der Waals surface area contributed by atoms with Gasteiger partial charge in [-0.25, -0.2) is 11.1 Å². The van der Waals surface area contributed by atoms with Crippen molar-refractivity contribution in [3.63, 3.8) is 0 Å². The molecule has 32 heteroatoms. The van der Waals surface area contributed by atoms with E-state index >= 15 is 0 Å². The van der Waals surface area contributed by atoms with Crippen LogP contribution in [0, 0.1) is 62.5 Å². The van der Waals surface area contributed by atoms with E-state index in [0.717, 1.165) is 40.7 Å². The molecule has 13 aromatic rings. The van der Waals surface area contributed by atoms with E-state index in [-0.39, 0.29) is 1010 Å². The summed E-state index contributed by atoms with van der Waals surface area (Å²) in [6.45, 7) is 48.9. The molecule has 12 aromatic carbocycles. The zero-order chi connectivity index (χ0) is 71.7. The van der Waals surface area contributed by atoms with Gasteiger partial charge >= 0.3 is 0 Å². The van der Waals surface area contributed by atoms with Gasteiger partial charge in [0.15, 0.2) is 0 Å². The number of benzene rings is 12. The molecule has 31 radical (unpaired) electrons. The predicted octanol–water partition coefficient (Wildman–Crippen LogP) is 30.8. The van der Waals surface area contributed by atoms with Crippen molar-refractivity contribution < 1.29 is 1010 Å². The molecule has 4 fully saturated rings. The molecular formula is C95H127NY31-2. The number of aromatic nitrogens is 1. The Labute approximate surface area is 1560 Å². The number of fused-ring (bicyclic) bond motifs is 13. The van der Waals surface area contributed by atoms with Crippen LogP contribution in [0.25, 0.3) is 97.6 Å². The van der Waals surface area contributed by atoms with Crippen molar-refractivity contribution in [2.75, 3.05) is 0 Å². The van der Waals surface area contributed by atoms with Gasteiger partial charge in [0.25, 0.3) is 0 Å². The Balaban J connectivity index is -0.0000000299. The number of hydrogen-bond donors (Lipinski definition) is 0. The fourth-order valence-corrected chi connectivity index (χ4v) is 13.7. The first-order valence-electron chi connectivity index (χ1n) is 37.7. The maximum absolute atomic E-state index is 3.32. The van der Waals surface area contributed by atoms with E-state index in [2.05, 4.69) is 264 Å². The van der Waals surface area contributed by atoms with E-state index in [1.165, 1.54) is 103 Å². The maximum atomic E-state index is 3.32. The summed E-state index contributed by atoms with van der Waals surface area (Å²) in [5.74, 6) is 5.70. The SMILES string of the molecule is CC.CC.CC.CC.CC.CC.CC.CC.CC.CC.CC1C2CC3CC(C2)CC1C3.Cc1cc2ccccc2c2ccccc12.Cc1cc[c-]c(-c2[c-]ccc3ccccc23)c1.Cc1ccc2c3ccccc3c3ccccc3c2c1.Cn1c2ccccc2c2ccccc21.[Y].[Y].[Y].[Y].[Y].[Y].[Y].[Y].[Y].[Y].[Y].[Y].[Y].[Y].[Y].[Y].[Y].[Y].[Y].[Y].[Y].[Y].[Y].[Y].[Y].[Y].[Y].[Y].[Y].[Y].[Y]. The van der Waals surface area contributed by atoms with Crippen LogP contribution in [0.5, 0.6) is 0 Å². The second kappa shape index (κ2) is 152. The molecule has 0 N–H and O–H groups in total. The van der Waals surface area contributed by atoms with Crippen LogP contribution in [-0.4, -0.2) is 4.57 Å². The summed E-state index contributed by atoms with van der Waals surface area (Å²) < 4.78 is 2.24. The van der Waals surface area contributed by atoms with Gasteiger partial charge in [0.2, 0.25) is 0 Å². The van der Waals surface area contributed by atoms with Gasteiger partial charge in [0.1, 0.15) is 0 Å². The average Bonchev–Trinajstić information content (AvgIpc) is 1.58. The van der Waals surface area contributed by atoms with E-state index in [1.807, 2.05) is 151 Å². The molecule has 4 saturated carbocycles. The maximum Gasteiger partial charge on any atom is 0.0488 e. The molecule has 1 heterocycles. The van der Waals surface area contributed by atoms with E-state index in [1.54, 1.807) is 32.1 Å². The molecule has 0 unspecified atom stereocenters. The molecular weight excluding hydrogens is 3910 g/mol. The van der Waals surface area contributed by atoms with Crippen LogP contribution in [0.2, 0.25) is 0 Å². The number of para-hydroxylation sites is 2. The minimum atomic E-state index is 0. The molecule has 1 nitrogen and oxygen atoms in total. The minimum absolute atomic E-state index is 0. The number of hydrogen-bond acceptors (Lipinski definition) is 0. The first kappa shape index (κ1) is 234. The number of rotatable bonds is 1. The van der Waals surface area contributed by atoms with Crippen molar-refractivity contribution >= 4 is 86.4 Å². The molecule has 4 bridgehead atoms. The summed E-state index contributed by atoms with van der Waals surface area (Å²) in [4.78, 5) is 0. The molecule has 4 aliphatic rings. The van der Waals surface area contributed by atoms with Crippen molar-refractivity contribution in [1.82, 2.24) is 4.57 Å². The van der Waals surface area contributed by atoms with Gasteiger partial charge in [-0.3, -0.25) is 0 Å². The summed E-state index contributed by atoms with van der Waals surface area (Å²) in [7, 11) is 2.12. The molecule has 0 amide bonds. The molecule has 0 atom stereocenters. The predicted molar refractivity (Wildman–Crippen MR) is 442 cm³/mol. The average molecular weight is 4040 g/mol. The Kier molecular flexibility index (Phi) is 280. The summed E-state index contributed by atoms with van der Waals surface area (Å²) in [5, 5.41) is 18.6. The Morgan fingerprint density at radius 1 is 0.228 bits per heavy atom. The van der Waals surface area contributed by atoms with Gasteiger partial charge in [-0.15, -0.1) is 34.5 Å². The second-order valence-corrected chi connectivity index (χ2v) is 22.2. The first-order chi connectivity index (χ1) is 47.3. The Morgan fingerprint density at radius 2 is 0.488 bits per heavy atom. The van der Waals surface area contributed by atoms with Crippen molar-refractivity contribution in [1.29, 1.82) is 0 Å². The van der Waals surface area contributed by atoms with Crippen LogP contribution in [0.1, 0.15) is 194 Å². The van der Waals surface area contributed by atoms with Gasteiger partial charge in [0, 0.05) is 1040 Å². The van der Waals surface area contributed by atoms with Gasteiger partial charge in [-0.1, -0.05) is 334 Å². The number of nitrogens with zero attached hydrogens (tertiary/aromatic N) is 1. The zero-order valence-electron chi connectivity index (χ0n) is 82.6. The molecule has 4 aliphatic carbocycles. The Bertz CT molecular complexity index is 4190. The van der Waals surface area contributed by atoms with Crippen LogP contribution in [-0.2, 0) is 1020 Å². The van der Waals surface area contributed by atoms with E-state index < -0.39 is 0 Å². The smallest absolute Gasteiger partial charge is 0.0488 e. The third kappa shape index (κ3) is 82.4. The molecule has 0 spiro atoms. The fourth-order valence-electron chi connectivity index (χ4n) is 13.7. The first-order valence-corrected chi connectivity index (χ1v) is 37.7. The van der Waals surface area contributed by atoms with E-state index in [4.69, 9.17) is 0 Å². The van der Waals surface area contributed by atoms with Crippen molar-refractivity contribution in [3.05, 3.63) is 253 Å². The molecule has 127 heavy (non-hydrogen) atoms. The molecule has 1 aromatic heterocycles. The quantitative estimate of drug-likeness (QED) is 0.114. The molecule has 607 valence electrons. The summed E-state index contributed by atoms with van der Waals surface area (Å²) >= 11 is 0. The second-order valence-electron chi connectivity index (χ2n) is 22.2. The third-order valence-electron chi connectivity index (χ3n) is 17.3. The van der Waals surface area contributed by atoms with Gasteiger partial charge in [0.05, 0.1) is 0 Å². The van der Waals surface area contributed by atoms with Crippen LogP contribution >= 0.6 is 0 Å². The summed E-state index contributed by atoms with van der Waals surface area (Å²) in [6, 6.07) is 85.8. The topological polar surface area (TPSA) is 4.93 Å². The summed E-state index contributed by atoms with van der Waals surface area (Å²) in [5.41, 5.74) is 8.76. The van der Waals surface area contributed by atoms with Crippen LogP contribution in [0.15, 0.2) is 224 Å². The van der Waals surface area contributed by atoms with E-state index in [0.29, 0.717) is 0 Å². The molecule has 0 saturated heterocycles. The van der Waals surface area contributed by atoms with Crippen molar-refractivity contribution in [2.24, 2.45) is 36.6 Å².